The van der Waals surface area contributed by atoms with Crippen LogP contribution in [0, 0.1) is 0 Å². The largest absolute Gasteiger partial charge is 0.373 e. The molecular weight excluding hydrogens is 152 g/mol. The van der Waals surface area contributed by atoms with Gasteiger partial charge in [-0.15, -0.1) is 0 Å². The Labute approximate surface area is 72.0 Å². The maximum absolute atomic E-state index is 11.3. The van der Waals surface area contributed by atoms with Crippen molar-refractivity contribution in [1.29, 1.82) is 0 Å². The Kier molecular flexibility index (Phi) is 2.53. The van der Waals surface area contributed by atoms with E-state index >= 15 is 0 Å². The van der Waals surface area contributed by atoms with Crippen LogP contribution in [0.2, 0.25) is 0 Å². The van der Waals surface area contributed by atoms with E-state index in [0.717, 1.165) is 17.7 Å². The van der Waals surface area contributed by atoms with Crippen molar-refractivity contribution < 1.29 is 0 Å². The Morgan fingerprint density at radius 1 is 1.50 bits per heavy atom. The average Bonchev–Trinajstić information content (AvgIpc) is 2.03. The van der Waals surface area contributed by atoms with Crippen LogP contribution in [0.3, 0.4) is 0 Å². The highest BCUT2D eigenvalue weighted by atomic mass is 16.1. The summed E-state index contributed by atoms with van der Waals surface area (Å²) >= 11 is 0. The lowest BCUT2D eigenvalue weighted by Crippen LogP contribution is -2.22. The summed E-state index contributed by atoms with van der Waals surface area (Å²) in [6, 6.07) is 1.94. The van der Waals surface area contributed by atoms with Gasteiger partial charge in [0.2, 0.25) is 0 Å². The van der Waals surface area contributed by atoms with Crippen molar-refractivity contribution >= 4 is 5.69 Å². The van der Waals surface area contributed by atoms with Crippen LogP contribution in [0.5, 0.6) is 0 Å². The van der Waals surface area contributed by atoms with Gasteiger partial charge in [-0.1, -0.05) is 6.92 Å². The van der Waals surface area contributed by atoms with Crippen molar-refractivity contribution in [1.82, 2.24) is 4.98 Å². The van der Waals surface area contributed by atoms with Crippen molar-refractivity contribution in [3.63, 3.8) is 0 Å². The summed E-state index contributed by atoms with van der Waals surface area (Å²) in [5.74, 6) is 0. The molecule has 3 heteroatoms. The topological polar surface area (TPSA) is 36.1 Å². The zero-order chi connectivity index (χ0) is 9.14. The first-order valence-electron chi connectivity index (χ1n) is 4.04. The van der Waals surface area contributed by atoms with E-state index in [1.54, 1.807) is 6.20 Å². The number of nitrogens with zero attached hydrogens (tertiary/aromatic N) is 1. The summed E-state index contributed by atoms with van der Waals surface area (Å²) in [6.07, 6.45) is 2.58. The molecule has 1 N–H and O–H groups in total. The monoisotopic (exact) mass is 166 g/mol. The lowest BCUT2D eigenvalue weighted by molar-refractivity contribution is 1.02. The molecule has 12 heavy (non-hydrogen) atoms. The maximum atomic E-state index is 11.3. The number of aryl methyl sites for hydroxylation is 1. The second-order valence-electron chi connectivity index (χ2n) is 2.93. The fourth-order valence-electron chi connectivity index (χ4n) is 1.29. The normalized spacial score (nSPS) is 9.92. The van der Waals surface area contributed by atoms with Gasteiger partial charge in [-0.25, -0.2) is 0 Å². The van der Waals surface area contributed by atoms with Gasteiger partial charge in [0.05, 0.1) is 0 Å². The molecule has 0 spiro atoms. The molecule has 0 saturated carbocycles. The third-order valence-corrected chi connectivity index (χ3v) is 1.85. The average molecular weight is 166 g/mol. The molecule has 1 aromatic rings. The first-order valence-corrected chi connectivity index (χ1v) is 4.04. The molecule has 0 aliphatic rings. The van der Waals surface area contributed by atoms with E-state index in [9.17, 15) is 4.79 Å². The Morgan fingerprint density at radius 2 is 2.17 bits per heavy atom. The SMILES string of the molecule is CCc1cc[nH]c(=O)c1N(C)C. The quantitative estimate of drug-likeness (QED) is 0.711. The molecule has 0 aromatic carbocycles. The molecule has 0 radical (unpaired) electrons. The van der Waals surface area contributed by atoms with Crippen molar-refractivity contribution in [2.75, 3.05) is 19.0 Å². The highest BCUT2D eigenvalue weighted by Crippen LogP contribution is 2.11. The number of aromatic amines is 1. The minimum Gasteiger partial charge on any atom is -0.373 e. The molecule has 66 valence electrons. The molecule has 1 rings (SSSR count). The maximum Gasteiger partial charge on any atom is 0.271 e. The van der Waals surface area contributed by atoms with Crippen LogP contribution < -0.4 is 10.5 Å². The summed E-state index contributed by atoms with van der Waals surface area (Å²) < 4.78 is 0. The fraction of sp³-hybridized carbons (Fsp3) is 0.444. The lowest BCUT2D eigenvalue weighted by Gasteiger charge is -2.14. The van der Waals surface area contributed by atoms with Crippen LogP contribution in [0.4, 0.5) is 5.69 Å². The summed E-state index contributed by atoms with van der Waals surface area (Å²) in [7, 11) is 3.76. The standard InChI is InChI=1S/C9H14N2O/c1-4-7-5-6-10-9(12)8(7)11(2)3/h5-6H,4H2,1-3H3,(H,10,12). The number of aromatic nitrogens is 1. The predicted molar refractivity (Wildman–Crippen MR) is 50.8 cm³/mol. The number of hydrogen-bond donors (Lipinski definition) is 1. The number of nitrogens with one attached hydrogen (secondary N) is 1. The van der Waals surface area contributed by atoms with Gasteiger partial charge < -0.3 is 9.88 Å². The zero-order valence-electron chi connectivity index (χ0n) is 7.72. The summed E-state index contributed by atoms with van der Waals surface area (Å²) in [5.41, 5.74) is 1.84. The summed E-state index contributed by atoms with van der Waals surface area (Å²) in [6.45, 7) is 2.04. The van der Waals surface area contributed by atoms with Gasteiger partial charge in [0.1, 0.15) is 5.69 Å². The van der Waals surface area contributed by atoms with E-state index in [1.807, 2.05) is 32.0 Å². The number of H-pyrrole nitrogens is 1. The van der Waals surface area contributed by atoms with Gasteiger partial charge in [-0.3, -0.25) is 4.79 Å². The molecule has 0 saturated heterocycles. The second kappa shape index (κ2) is 3.43. The third kappa shape index (κ3) is 1.49. The molecule has 1 heterocycles. The Balaban J connectivity index is 3.30. The molecule has 0 aliphatic carbocycles. The first kappa shape index (κ1) is 8.84. The van der Waals surface area contributed by atoms with E-state index in [4.69, 9.17) is 0 Å². The van der Waals surface area contributed by atoms with Gasteiger partial charge in [0, 0.05) is 20.3 Å². The van der Waals surface area contributed by atoms with Gasteiger partial charge in [0.15, 0.2) is 0 Å². The molecule has 0 bridgehead atoms. The van der Waals surface area contributed by atoms with Crippen molar-refractivity contribution in [3.8, 4) is 0 Å². The Bertz CT molecular complexity index is 315. The first-order chi connectivity index (χ1) is 5.66. The van der Waals surface area contributed by atoms with E-state index < -0.39 is 0 Å². The van der Waals surface area contributed by atoms with E-state index in [1.165, 1.54) is 0 Å². The zero-order valence-corrected chi connectivity index (χ0v) is 7.72. The van der Waals surface area contributed by atoms with Crippen LogP contribution >= 0.6 is 0 Å². The predicted octanol–water partition coefficient (Wildman–Crippen LogP) is 1.00. The molecule has 0 atom stereocenters. The van der Waals surface area contributed by atoms with Gasteiger partial charge in [-0.2, -0.15) is 0 Å². The van der Waals surface area contributed by atoms with Gasteiger partial charge >= 0.3 is 0 Å². The molecule has 3 nitrogen and oxygen atoms in total. The van der Waals surface area contributed by atoms with Crippen molar-refractivity contribution in [2.24, 2.45) is 0 Å². The van der Waals surface area contributed by atoms with Crippen LogP contribution in [0.1, 0.15) is 12.5 Å². The van der Waals surface area contributed by atoms with E-state index in [2.05, 4.69) is 4.98 Å². The lowest BCUT2D eigenvalue weighted by atomic mass is 10.1. The van der Waals surface area contributed by atoms with E-state index in [-0.39, 0.29) is 5.56 Å². The molecule has 1 aromatic heterocycles. The fourth-order valence-corrected chi connectivity index (χ4v) is 1.29. The van der Waals surface area contributed by atoms with Crippen LogP contribution in [0.25, 0.3) is 0 Å². The number of hydrogen-bond acceptors (Lipinski definition) is 2. The molecule has 0 amide bonds. The minimum atomic E-state index is -0.0145. The number of rotatable bonds is 2. The van der Waals surface area contributed by atoms with Gasteiger partial charge in [0.25, 0.3) is 5.56 Å². The third-order valence-electron chi connectivity index (χ3n) is 1.85. The van der Waals surface area contributed by atoms with Crippen molar-refractivity contribution in [3.05, 3.63) is 28.2 Å². The Hall–Kier alpha value is -1.25. The highest BCUT2D eigenvalue weighted by Gasteiger charge is 2.05. The van der Waals surface area contributed by atoms with Crippen LogP contribution in [-0.2, 0) is 6.42 Å². The van der Waals surface area contributed by atoms with Crippen molar-refractivity contribution in [2.45, 2.75) is 13.3 Å². The summed E-state index contributed by atoms with van der Waals surface area (Å²) in [4.78, 5) is 15.8. The molecule has 0 unspecified atom stereocenters. The van der Waals surface area contributed by atoms with Crippen LogP contribution in [0.15, 0.2) is 17.1 Å². The summed E-state index contributed by atoms with van der Waals surface area (Å²) in [5, 5.41) is 0. The molecule has 0 fully saturated rings. The van der Waals surface area contributed by atoms with E-state index in [0.29, 0.717) is 0 Å². The second-order valence-corrected chi connectivity index (χ2v) is 2.93. The highest BCUT2D eigenvalue weighted by molar-refractivity contribution is 5.50. The number of anilines is 1. The Morgan fingerprint density at radius 3 is 2.58 bits per heavy atom. The smallest absolute Gasteiger partial charge is 0.271 e. The molecule has 0 aliphatic heterocycles. The number of pyridine rings is 1. The van der Waals surface area contributed by atoms with Crippen LogP contribution in [-0.4, -0.2) is 19.1 Å². The molecular formula is C9H14N2O. The minimum absolute atomic E-state index is 0.0145. The van der Waals surface area contributed by atoms with Gasteiger partial charge in [-0.05, 0) is 18.1 Å².